The molecule has 1 aromatic rings. The zero-order valence-corrected chi connectivity index (χ0v) is 15.0. The first-order chi connectivity index (χ1) is 11.0. The smallest absolute Gasteiger partial charge is 0.227 e. The zero-order chi connectivity index (χ0) is 17.2. The second-order valence-corrected chi connectivity index (χ2v) is 6.02. The number of amides is 1. The molecule has 0 fully saturated rings. The van der Waals surface area contributed by atoms with Crippen LogP contribution in [0.15, 0.2) is 18.2 Å². The number of nitrogens with two attached hydrogens (primary N) is 1. The fraction of sp³-hybridized carbons (Fsp3) is 0.632. The van der Waals surface area contributed by atoms with Crippen molar-refractivity contribution in [3.63, 3.8) is 0 Å². The number of ether oxygens (including phenoxy) is 1. The quantitative estimate of drug-likeness (QED) is 0.681. The zero-order valence-electron chi connectivity index (χ0n) is 15.0. The van der Waals surface area contributed by atoms with E-state index in [-0.39, 0.29) is 17.9 Å². The van der Waals surface area contributed by atoms with Crippen molar-refractivity contribution < 1.29 is 9.53 Å². The third-order valence-corrected chi connectivity index (χ3v) is 4.12. The number of hydrogen-bond donors (Lipinski definition) is 2. The van der Waals surface area contributed by atoms with Crippen molar-refractivity contribution in [3.05, 3.63) is 23.8 Å². The van der Waals surface area contributed by atoms with E-state index in [0.717, 1.165) is 49.1 Å². The van der Waals surface area contributed by atoms with Crippen LogP contribution in [0.3, 0.4) is 0 Å². The Kier molecular flexibility index (Phi) is 8.70. The molecule has 1 atom stereocenters. The van der Waals surface area contributed by atoms with Gasteiger partial charge >= 0.3 is 0 Å². The molecule has 0 aliphatic carbocycles. The van der Waals surface area contributed by atoms with Crippen molar-refractivity contribution >= 4 is 11.6 Å². The Hall–Kier alpha value is -1.55. The number of carbonyl (C=O) groups is 1. The highest BCUT2D eigenvalue weighted by Gasteiger charge is 2.16. The molecule has 0 aliphatic rings. The molecule has 0 aromatic heterocycles. The first-order valence-corrected chi connectivity index (χ1v) is 8.87. The largest absolute Gasteiger partial charge is 0.492 e. The fourth-order valence-corrected chi connectivity index (χ4v) is 2.74. The van der Waals surface area contributed by atoms with E-state index < -0.39 is 0 Å². The maximum absolute atomic E-state index is 12.3. The van der Waals surface area contributed by atoms with Gasteiger partial charge < -0.3 is 15.8 Å². The topological polar surface area (TPSA) is 64.3 Å². The van der Waals surface area contributed by atoms with Crippen LogP contribution in [0.4, 0.5) is 5.69 Å². The summed E-state index contributed by atoms with van der Waals surface area (Å²) >= 11 is 0. The minimum absolute atomic E-state index is 0.0436. The van der Waals surface area contributed by atoms with Gasteiger partial charge in [0.25, 0.3) is 0 Å². The predicted molar refractivity (Wildman–Crippen MR) is 96.9 cm³/mol. The normalized spacial score (nSPS) is 12.3. The van der Waals surface area contributed by atoms with Crippen LogP contribution >= 0.6 is 0 Å². The Morgan fingerprint density at radius 2 is 1.91 bits per heavy atom. The van der Waals surface area contributed by atoms with Gasteiger partial charge in [0.2, 0.25) is 5.91 Å². The minimum atomic E-state index is 0.0436. The molecule has 0 saturated heterocycles. The number of nitrogens with one attached hydrogen (secondary N) is 1. The number of hydrogen-bond acceptors (Lipinski definition) is 3. The van der Waals surface area contributed by atoms with E-state index >= 15 is 0 Å². The number of rotatable bonds is 10. The molecule has 130 valence electrons. The lowest BCUT2D eigenvalue weighted by Gasteiger charge is -2.17. The van der Waals surface area contributed by atoms with Crippen molar-refractivity contribution in [3.8, 4) is 5.75 Å². The van der Waals surface area contributed by atoms with Crippen LogP contribution in [-0.4, -0.2) is 18.6 Å². The lowest BCUT2D eigenvalue weighted by molar-refractivity contribution is -0.120. The summed E-state index contributed by atoms with van der Waals surface area (Å²) in [5.41, 5.74) is 8.02. The average Bonchev–Trinajstić information content (AvgIpc) is 2.51. The van der Waals surface area contributed by atoms with Gasteiger partial charge in [-0.1, -0.05) is 33.3 Å². The van der Waals surface area contributed by atoms with Crippen LogP contribution in [0.5, 0.6) is 5.75 Å². The molecular formula is C19H32N2O2. The second kappa shape index (κ2) is 10.3. The minimum Gasteiger partial charge on any atom is -0.492 e. The highest BCUT2D eigenvalue weighted by atomic mass is 16.5. The lowest BCUT2D eigenvalue weighted by Crippen LogP contribution is -2.23. The Balaban J connectivity index is 2.89. The first-order valence-electron chi connectivity index (χ1n) is 8.87. The third kappa shape index (κ3) is 6.22. The summed E-state index contributed by atoms with van der Waals surface area (Å²) < 4.78 is 5.71. The molecule has 1 rings (SSSR count). The summed E-state index contributed by atoms with van der Waals surface area (Å²) in [6, 6.07) is 6.13. The van der Waals surface area contributed by atoms with Crippen molar-refractivity contribution in [2.75, 3.05) is 11.9 Å². The van der Waals surface area contributed by atoms with Gasteiger partial charge in [-0.2, -0.15) is 0 Å². The van der Waals surface area contributed by atoms with E-state index in [1.54, 1.807) is 0 Å². The summed E-state index contributed by atoms with van der Waals surface area (Å²) in [5.74, 6) is 0.835. The Morgan fingerprint density at radius 3 is 2.48 bits per heavy atom. The monoisotopic (exact) mass is 320 g/mol. The van der Waals surface area contributed by atoms with Crippen molar-refractivity contribution in [1.82, 2.24) is 0 Å². The first kappa shape index (κ1) is 19.5. The van der Waals surface area contributed by atoms with E-state index in [0.29, 0.717) is 6.61 Å². The van der Waals surface area contributed by atoms with Crippen LogP contribution < -0.4 is 15.8 Å². The van der Waals surface area contributed by atoms with E-state index in [1.165, 1.54) is 0 Å². The van der Waals surface area contributed by atoms with Crippen LogP contribution in [0.2, 0.25) is 0 Å². The van der Waals surface area contributed by atoms with Gasteiger partial charge in [-0.25, -0.2) is 0 Å². The van der Waals surface area contributed by atoms with Crippen LogP contribution in [0, 0.1) is 5.92 Å². The molecule has 4 nitrogen and oxygen atoms in total. The Morgan fingerprint density at radius 1 is 1.22 bits per heavy atom. The number of carbonyl (C=O) groups excluding carboxylic acids is 1. The maximum Gasteiger partial charge on any atom is 0.227 e. The molecule has 0 heterocycles. The third-order valence-electron chi connectivity index (χ3n) is 4.12. The summed E-state index contributed by atoms with van der Waals surface area (Å²) in [4.78, 5) is 12.3. The molecule has 0 saturated carbocycles. The fourth-order valence-electron chi connectivity index (χ4n) is 2.74. The Bertz CT molecular complexity index is 484. The predicted octanol–water partition coefficient (Wildman–Crippen LogP) is 4.13. The van der Waals surface area contributed by atoms with Crippen LogP contribution in [0.1, 0.15) is 58.9 Å². The molecule has 1 amide bonds. The molecule has 0 aliphatic heterocycles. The van der Waals surface area contributed by atoms with Gasteiger partial charge in [0.1, 0.15) is 5.75 Å². The standard InChI is InChI=1S/C19H32N2O2/c1-5-9-16(20)12-14-10-11-17(18(13-14)23-8-4)21-19(22)15(6-2)7-3/h10-11,13,15-16H,5-9,12,20H2,1-4H3,(H,21,22). The SMILES string of the molecule is CCCC(N)Cc1ccc(NC(=O)C(CC)CC)c(OCC)c1. The van der Waals surface area contributed by atoms with Gasteiger partial charge in [-0.15, -0.1) is 0 Å². The van der Waals surface area contributed by atoms with E-state index in [4.69, 9.17) is 10.5 Å². The summed E-state index contributed by atoms with van der Waals surface area (Å²) in [5, 5.41) is 3.01. The molecule has 1 unspecified atom stereocenters. The molecule has 0 radical (unpaired) electrons. The second-order valence-electron chi connectivity index (χ2n) is 6.02. The van der Waals surface area contributed by atoms with Crippen molar-refractivity contribution in [2.45, 2.75) is 65.8 Å². The highest BCUT2D eigenvalue weighted by molar-refractivity contribution is 5.93. The number of benzene rings is 1. The summed E-state index contributed by atoms with van der Waals surface area (Å²) in [7, 11) is 0. The van der Waals surface area contributed by atoms with Crippen LogP contribution in [-0.2, 0) is 11.2 Å². The van der Waals surface area contributed by atoms with Gasteiger partial charge in [-0.05, 0) is 50.3 Å². The summed E-state index contributed by atoms with van der Waals surface area (Å²) in [6.45, 7) is 8.73. The highest BCUT2D eigenvalue weighted by Crippen LogP contribution is 2.28. The molecule has 3 N–H and O–H groups in total. The van der Waals surface area contributed by atoms with Gasteiger partial charge in [0.05, 0.1) is 12.3 Å². The Labute approximate surface area is 140 Å². The molecule has 0 spiro atoms. The van der Waals surface area contributed by atoms with Crippen molar-refractivity contribution in [2.24, 2.45) is 11.7 Å². The molecule has 1 aromatic carbocycles. The van der Waals surface area contributed by atoms with Gasteiger partial charge in [0.15, 0.2) is 0 Å². The molecule has 0 bridgehead atoms. The van der Waals surface area contributed by atoms with Crippen molar-refractivity contribution in [1.29, 1.82) is 0 Å². The van der Waals surface area contributed by atoms with E-state index in [9.17, 15) is 4.79 Å². The van der Waals surface area contributed by atoms with Gasteiger partial charge in [0, 0.05) is 12.0 Å². The van der Waals surface area contributed by atoms with E-state index in [2.05, 4.69) is 12.2 Å². The molecule has 23 heavy (non-hydrogen) atoms. The average molecular weight is 320 g/mol. The van der Waals surface area contributed by atoms with E-state index in [1.807, 2.05) is 39.0 Å². The summed E-state index contributed by atoms with van der Waals surface area (Å²) in [6.07, 6.45) is 4.61. The molecular weight excluding hydrogens is 288 g/mol. The molecule has 4 heteroatoms. The lowest BCUT2D eigenvalue weighted by atomic mass is 10.0. The maximum atomic E-state index is 12.3. The van der Waals surface area contributed by atoms with Crippen LogP contribution in [0.25, 0.3) is 0 Å². The van der Waals surface area contributed by atoms with Gasteiger partial charge in [-0.3, -0.25) is 4.79 Å². The number of anilines is 1.